The zero-order chi connectivity index (χ0) is 18.8. The van der Waals surface area contributed by atoms with Gasteiger partial charge in [-0.25, -0.2) is 0 Å². The fourth-order valence-electron chi connectivity index (χ4n) is 3.10. The fourth-order valence-corrected chi connectivity index (χ4v) is 3.10. The van der Waals surface area contributed by atoms with Crippen LogP contribution >= 0.6 is 0 Å². The van der Waals surface area contributed by atoms with Gasteiger partial charge in [-0.3, -0.25) is 4.79 Å². The predicted octanol–water partition coefficient (Wildman–Crippen LogP) is 3.69. The molecule has 0 unspecified atom stereocenters. The van der Waals surface area contributed by atoms with E-state index in [9.17, 15) is 4.79 Å². The molecule has 2 aromatic heterocycles. The number of amides is 1. The van der Waals surface area contributed by atoms with Gasteiger partial charge in [0.1, 0.15) is 6.42 Å². The van der Waals surface area contributed by atoms with E-state index >= 15 is 0 Å². The van der Waals surface area contributed by atoms with Crippen LogP contribution in [-0.4, -0.2) is 21.0 Å². The molecule has 6 heteroatoms. The molecule has 4 aromatic rings. The molecule has 0 aliphatic carbocycles. The number of H-pyrrole nitrogens is 1. The van der Waals surface area contributed by atoms with Crippen molar-refractivity contribution in [3.05, 3.63) is 71.2 Å². The Labute approximate surface area is 156 Å². The summed E-state index contributed by atoms with van der Waals surface area (Å²) < 4.78 is 5.23. The van der Waals surface area contributed by atoms with E-state index in [4.69, 9.17) is 4.52 Å². The summed E-state index contributed by atoms with van der Waals surface area (Å²) in [6.45, 7) is 4.47. The number of rotatable bonds is 5. The highest BCUT2D eigenvalue weighted by atomic mass is 16.5. The molecule has 6 nitrogen and oxygen atoms in total. The molecule has 27 heavy (non-hydrogen) atoms. The molecule has 136 valence electrons. The third-order valence-electron chi connectivity index (χ3n) is 4.48. The molecule has 0 fully saturated rings. The Hall–Kier alpha value is -3.41. The molecule has 0 bridgehead atoms. The highest BCUT2D eigenvalue weighted by molar-refractivity contribution is 5.81. The van der Waals surface area contributed by atoms with Crippen LogP contribution in [-0.2, 0) is 17.8 Å². The fraction of sp³-hybridized carbons (Fsp3) is 0.190. The molecule has 1 amide bonds. The lowest BCUT2D eigenvalue weighted by Gasteiger charge is -2.04. The third kappa shape index (κ3) is 3.74. The van der Waals surface area contributed by atoms with Crippen molar-refractivity contribution in [3.8, 4) is 11.4 Å². The lowest BCUT2D eigenvalue weighted by Crippen LogP contribution is -2.24. The lowest BCUT2D eigenvalue weighted by atomic mass is 10.1. The van der Waals surface area contributed by atoms with E-state index in [0.717, 1.165) is 33.3 Å². The highest BCUT2D eigenvalue weighted by Gasteiger charge is 2.13. The molecule has 0 spiro atoms. The Balaban J connectivity index is 1.38. The summed E-state index contributed by atoms with van der Waals surface area (Å²) in [4.78, 5) is 19.8. The Kier molecular flexibility index (Phi) is 4.46. The molecule has 0 saturated heterocycles. The van der Waals surface area contributed by atoms with Crippen molar-refractivity contribution in [2.45, 2.75) is 26.8 Å². The molecule has 4 rings (SSSR count). The monoisotopic (exact) mass is 360 g/mol. The van der Waals surface area contributed by atoms with Gasteiger partial charge in [0.25, 0.3) is 0 Å². The zero-order valence-corrected chi connectivity index (χ0v) is 15.2. The minimum Gasteiger partial charge on any atom is -0.359 e. The van der Waals surface area contributed by atoms with Crippen LogP contribution in [0.1, 0.15) is 22.7 Å². The number of aromatic amines is 1. The summed E-state index contributed by atoms with van der Waals surface area (Å²) >= 11 is 0. The van der Waals surface area contributed by atoms with Crippen LogP contribution in [0.3, 0.4) is 0 Å². The summed E-state index contributed by atoms with van der Waals surface area (Å²) in [5, 5.41) is 8.03. The zero-order valence-electron chi connectivity index (χ0n) is 15.2. The van der Waals surface area contributed by atoms with E-state index < -0.39 is 0 Å². The molecule has 0 aliphatic rings. The third-order valence-corrected chi connectivity index (χ3v) is 4.48. The van der Waals surface area contributed by atoms with E-state index in [1.165, 1.54) is 0 Å². The lowest BCUT2D eigenvalue weighted by molar-refractivity contribution is -0.120. The number of benzene rings is 2. The number of carbonyl (C=O) groups is 1. The average Bonchev–Trinajstić information content (AvgIpc) is 3.25. The maximum atomic E-state index is 12.2. The number of fused-ring (bicyclic) bond motifs is 1. The molecule has 0 aliphatic heterocycles. The average molecular weight is 360 g/mol. The molecule has 0 radical (unpaired) electrons. The van der Waals surface area contributed by atoms with Gasteiger partial charge < -0.3 is 14.8 Å². The molecular formula is C21H20N4O2. The van der Waals surface area contributed by atoms with Crippen molar-refractivity contribution >= 4 is 16.8 Å². The SMILES string of the molecule is Cc1cc2cc(CNC(=O)Cc3nc(-c4ccccc4C)no3)ccc2[nH]1. The van der Waals surface area contributed by atoms with Gasteiger partial charge in [-0.05, 0) is 48.6 Å². The number of hydrogen-bond donors (Lipinski definition) is 2. The van der Waals surface area contributed by atoms with Crippen LogP contribution in [0.25, 0.3) is 22.3 Å². The maximum absolute atomic E-state index is 12.2. The van der Waals surface area contributed by atoms with Crippen molar-refractivity contribution in [1.82, 2.24) is 20.4 Å². The summed E-state index contributed by atoms with van der Waals surface area (Å²) in [5.41, 5.74) is 5.22. The minimum absolute atomic E-state index is 0.0599. The number of aryl methyl sites for hydroxylation is 2. The molecule has 0 saturated carbocycles. The van der Waals surface area contributed by atoms with E-state index in [2.05, 4.69) is 32.6 Å². The second-order valence-corrected chi connectivity index (χ2v) is 6.65. The number of aromatic nitrogens is 3. The molecule has 2 heterocycles. The smallest absolute Gasteiger partial charge is 0.236 e. The Morgan fingerprint density at radius 1 is 1.15 bits per heavy atom. The van der Waals surface area contributed by atoms with Crippen molar-refractivity contribution in [2.24, 2.45) is 0 Å². The van der Waals surface area contributed by atoms with Gasteiger partial charge in [-0.2, -0.15) is 4.98 Å². The van der Waals surface area contributed by atoms with Gasteiger partial charge in [0.2, 0.25) is 17.6 Å². The van der Waals surface area contributed by atoms with Gasteiger partial charge in [0.05, 0.1) is 0 Å². The van der Waals surface area contributed by atoms with Crippen molar-refractivity contribution in [2.75, 3.05) is 0 Å². The Morgan fingerprint density at radius 3 is 2.85 bits per heavy atom. The second-order valence-electron chi connectivity index (χ2n) is 6.65. The van der Waals surface area contributed by atoms with Crippen LogP contribution in [0, 0.1) is 13.8 Å². The molecular weight excluding hydrogens is 340 g/mol. The summed E-state index contributed by atoms with van der Waals surface area (Å²) in [7, 11) is 0. The summed E-state index contributed by atoms with van der Waals surface area (Å²) in [6.07, 6.45) is 0.0599. The molecule has 2 N–H and O–H groups in total. The highest BCUT2D eigenvalue weighted by Crippen LogP contribution is 2.20. The topological polar surface area (TPSA) is 83.8 Å². The van der Waals surface area contributed by atoms with E-state index in [1.807, 2.05) is 50.2 Å². The normalized spacial score (nSPS) is 11.0. The van der Waals surface area contributed by atoms with Gasteiger partial charge in [0, 0.05) is 23.3 Å². The summed E-state index contributed by atoms with van der Waals surface area (Å²) in [5.74, 6) is 0.659. The van der Waals surface area contributed by atoms with Crippen LogP contribution in [0.5, 0.6) is 0 Å². The largest absolute Gasteiger partial charge is 0.359 e. The van der Waals surface area contributed by atoms with Crippen LogP contribution in [0.2, 0.25) is 0 Å². The van der Waals surface area contributed by atoms with Crippen LogP contribution in [0.15, 0.2) is 53.1 Å². The van der Waals surface area contributed by atoms with Crippen molar-refractivity contribution in [1.29, 1.82) is 0 Å². The van der Waals surface area contributed by atoms with Gasteiger partial charge in [-0.1, -0.05) is 35.5 Å². The van der Waals surface area contributed by atoms with E-state index in [0.29, 0.717) is 18.3 Å². The molecule has 2 aromatic carbocycles. The first-order valence-electron chi connectivity index (χ1n) is 8.82. The van der Waals surface area contributed by atoms with Gasteiger partial charge in [-0.15, -0.1) is 0 Å². The number of carbonyl (C=O) groups excluding carboxylic acids is 1. The quantitative estimate of drug-likeness (QED) is 0.568. The van der Waals surface area contributed by atoms with Gasteiger partial charge in [0.15, 0.2) is 0 Å². The minimum atomic E-state index is -0.152. The second kappa shape index (κ2) is 7.07. The summed E-state index contributed by atoms with van der Waals surface area (Å²) in [6, 6.07) is 16.0. The number of nitrogens with one attached hydrogen (secondary N) is 2. The Morgan fingerprint density at radius 2 is 2.00 bits per heavy atom. The maximum Gasteiger partial charge on any atom is 0.236 e. The molecule has 0 atom stereocenters. The number of hydrogen-bond acceptors (Lipinski definition) is 4. The van der Waals surface area contributed by atoms with Crippen LogP contribution < -0.4 is 5.32 Å². The standard InChI is InChI=1S/C21H20N4O2/c1-13-5-3-4-6-17(13)21-24-20(27-25-21)11-19(26)22-12-15-7-8-18-16(10-15)9-14(2)23-18/h3-10,23H,11-12H2,1-2H3,(H,22,26). The first-order valence-corrected chi connectivity index (χ1v) is 8.82. The van der Waals surface area contributed by atoms with Gasteiger partial charge >= 0.3 is 0 Å². The van der Waals surface area contributed by atoms with E-state index in [1.54, 1.807) is 0 Å². The first-order chi connectivity index (χ1) is 13.1. The van der Waals surface area contributed by atoms with Crippen molar-refractivity contribution in [3.63, 3.8) is 0 Å². The predicted molar refractivity (Wildman–Crippen MR) is 103 cm³/mol. The van der Waals surface area contributed by atoms with Crippen LogP contribution in [0.4, 0.5) is 0 Å². The van der Waals surface area contributed by atoms with E-state index in [-0.39, 0.29) is 12.3 Å². The van der Waals surface area contributed by atoms with Crippen molar-refractivity contribution < 1.29 is 9.32 Å². The number of nitrogens with zero attached hydrogens (tertiary/aromatic N) is 2. The first kappa shape index (κ1) is 17.0. The Bertz CT molecular complexity index is 1110.